The first-order valence-electron chi connectivity index (χ1n) is 4.58. The molecule has 0 atom stereocenters. The Labute approximate surface area is 86.6 Å². The molecule has 0 radical (unpaired) electrons. The third-order valence-electron chi connectivity index (χ3n) is 2.33. The van der Waals surface area contributed by atoms with Crippen molar-refractivity contribution in [2.24, 2.45) is 0 Å². The fourth-order valence-corrected chi connectivity index (χ4v) is 1.66. The molecule has 0 saturated carbocycles. The summed E-state index contributed by atoms with van der Waals surface area (Å²) in [6.07, 6.45) is -0.138. The molecule has 0 bridgehead atoms. The first kappa shape index (κ1) is 9.52. The maximum atomic E-state index is 10.5. The van der Waals surface area contributed by atoms with Gasteiger partial charge in [-0.15, -0.1) is 0 Å². The molecule has 0 spiro atoms. The van der Waals surface area contributed by atoms with Crippen LogP contribution in [0.4, 0.5) is 0 Å². The Morgan fingerprint density at radius 3 is 2.47 bits per heavy atom. The molecule has 2 rings (SSSR count). The normalized spacial score (nSPS) is 10.4. The van der Waals surface area contributed by atoms with Gasteiger partial charge in [-0.1, -0.05) is 30.3 Å². The van der Waals surface area contributed by atoms with E-state index in [4.69, 9.17) is 0 Å². The van der Waals surface area contributed by atoms with E-state index >= 15 is 0 Å². The molecule has 2 aromatic carbocycles. The molecule has 3 nitrogen and oxygen atoms in total. The lowest BCUT2D eigenvalue weighted by atomic mass is 10.0. The van der Waals surface area contributed by atoms with Gasteiger partial charge in [-0.05, 0) is 17.0 Å². The first-order valence-corrected chi connectivity index (χ1v) is 4.58. The third kappa shape index (κ3) is 1.76. The first-order chi connectivity index (χ1) is 7.18. The predicted octanol–water partition coefficient (Wildman–Crippen LogP) is 0.838. The monoisotopic (exact) mass is 201 g/mol. The molecule has 0 amide bonds. The van der Waals surface area contributed by atoms with Crippen molar-refractivity contribution in [3.8, 4) is 5.75 Å². The fourth-order valence-electron chi connectivity index (χ4n) is 1.66. The lowest BCUT2D eigenvalue weighted by Gasteiger charge is -2.08. The van der Waals surface area contributed by atoms with E-state index in [0.29, 0.717) is 10.9 Å². The Morgan fingerprint density at radius 2 is 1.80 bits per heavy atom. The highest BCUT2D eigenvalue weighted by molar-refractivity contribution is 5.92. The maximum absolute atomic E-state index is 10.5. The molecular weight excluding hydrogens is 192 g/mol. The minimum absolute atomic E-state index is 0.138. The van der Waals surface area contributed by atoms with Gasteiger partial charge in [0.25, 0.3) is 0 Å². The summed E-state index contributed by atoms with van der Waals surface area (Å²) < 4.78 is 0. The average Bonchev–Trinajstić information content (AvgIpc) is 2.22. The van der Waals surface area contributed by atoms with Gasteiger partial charge in [-0.25, -0.2) is 0 Å². The number of phenolic OH excluding ortho intramolecular Hbond substituents is 1. The molecule has 15 heavy (non-hydrogen) atoms. The van der Waals surface area contributed by atoms with E-state index in [1.165, 1.54) is 6.07 Å². The SMILES string of the molecule is O=C([O-])Cc1ccc(O)c2ccccc12. The van der Waals surface area contributed by atoms with Crippen LogP contribution in [0.2, 0.25) is 0 Å². The lowest BCUT2D eigenvalue weighted by molar-refractivity contribution is -0.304. The topological polar surface area (TPSA) is 60.4 Å². The van der Waals surface area contributed by atoms with Gasteiger partial charge in [0.15, 0.2) is 0 Å². The van der Waals surface area contributed by atoms with Crippen molar-refractivity contribution in [3.63, 3.8) is 0 Å². The Hall–Kier alpha value is -2.03. The van der Waals surface area contributed by atoms with E-state index in [1.807, 2.05) is 0 Å². The average molecular weight is 201 g/mol. The van der Waals surface area contributed by atoms with E-state index in [1.54, 1.807) is 30.3 Å². The number of carbonyl (C=O) groups is 1. The molecule has 3 heteroatoms. The summed E-state index contributed by atoms with van der Waals surface area (Å²) in [6, 6.07) is 10.2. The Morgan fingerprint density at radius 1 is 1.13 bits per heavy atom. The van der Waals surface area contributed by atoms with E-state index in [9.17, 15) is 15.0 Å². The van der Waals surface area contributed by atoms with Gasteiger partial charge in [0.1, 0.15) is 5.75 Å². The van der Waals surface area contributed by atoms with Gasteiger partial charge in [0, 0.05) is 17.8 Å². The number of carboxylic acid groups (broad SMARTS) is 1. The quantitative estimate of drug-likeness (QED) is 0.783. The van der Waals surface area contributed by atoms with Crippen molar-refractivity contribution in [2.45, 2.75) is 6.42 Å². The summed E-state index contributed by atoms with van der Waals surface area (Å²) in [4.78, 5) is 10.5. The molecule has 0 unspecified atom stereocenters. The summed E-state index contributed by atoms with van der Waals surface area (Å²) in [5.41, 5.74) is 0.656. The number of benzene rings is 2. The van der Waals surface area contributed by atoms with Crippen molar-refractivity contribution >= 4 is 16.7 Å². The Kier molecular flexibility index (Phi) is 2.29. The van der Waals surface area contributed by atoms with Crippen LogP contribution in [0, 0.1) is 0 Å². The Balaban J connectivity index is 2.66. The number of carbonyl (C=O) groups excluding carboxylic acids is 1. The fraction of sp³-hybridized carbons (Fsp3) is 0.0833. The number of carboxylic acids is 1. The van der Waals surface area contributed by atoms with Crippen molar-refractivity contribution in [1.82, 2.24) is 0 Å². The number of aliphatic carboxylic acids is 1. The van der Waals surface area contributed by atoms with Crippen molar-refractivity contribution in [3.05, 3.63) is 42.0 Å². The maximum Gasteiger partial charge on any atom is 0.123 e. The summed E-state index contributed by atoms with van der Waals surface area (Å²) in [6.45, 7) is 0. The van der Waals surface area contributed by atoms with Gasteiger partial charge in [-0.2, -0.15) is 0 Å². The molecule has 0 aliphatic carbocycles. The Bertz CT molecular complexity index is 517. The van der Waals surface area contributed by atoms with Crippen LogP contribution in [-0.2, 0) is 11.2 Å². The number of phenols is 1. The number of fused-ring (bicyclic) bond motifs is 1. The molecule has 0 fully saturated rings. The second-order valence-corrected chi connectivity index (χ2v) is 3.34. The van der Waals surface area contributed by atoms with Crippen LogP contribution in [0.1, 0.15) is 5.56 Å². The van der Waals surface area contributed by atoms with Crippen molar-refractivity contribution in [1.29, 1.82) is 0 Å². The highest BCUT2D eigenvalue weighted by atomic mass is 16.4. The number of hydrogen-bond donors (Lipinski definition) is 1. The zero-order valence-corrected chi connectivity index (χ0v) is 7.93. The van der Waals surface area contributed by atoms with Crippen molar-refractivity contribution in [2.75, 3.05) is 0 Å². The van der Waals surface area contributed by atoms with Gasteiger partial charge in [0.2, 0.25) is 0 Å². The van der Waals surface area contributed by atoms with Gasteiger partial charge in [-0.3, -0.25) is 0 Å². The molecule has 0 aliphatic heterocycles. The standard InChI is InChI=1S/C12H10O3/c13-11-6-5-8(7-12(14)15)9-3-1-2-4-10(9)11/h1-6,13H,7H2,(H,14,15)/p-1. The van der Waals surface area contributed by atoms with Gasteiger partial charge in [0.05, 0.1) is 0 Å². The van der Waals surface area contributed by atoms with Crippen molar-refractivity contribution < 1.29 is 15.0 Å². The second kappa shape index (κ2) is 3.61. The van der Waals surface area contributed by atoms with Crippen LogP contribution in [0.15, 0.2) is 36.4 Å². The molecule has 0 aliphatic rings. The van der Waals surface area contributed by atoms with Crippen LogP contribution >= 0.6 is 0 Å². The molecule has 0 aromatic heterocycles. The number of hydrogen-bond acceptors (Lipinski definition) is 3. The summed E-state index contributed by atoms with van der Waals surface area (Å²) in [7, 11) is 0. The third-order valence-corrected chi connectivity index (χ3v) is 2.33. The molecular formula is C12H9O3-. The highest BCUT2D eigenvalue weighted by Gasteiger charge is 2.04. The zero-order valence-electron chi connectivity index (χ0n) is 7.93. The van der Waals surface area contributed by atoms with E-state index in [-0.39, 0.29) is 12.2 Å². The minimum atomic E-state index is -1.12. The smallest absolute Gasteiger partial charge is 0.123 e. The van der Waals surface area contributed by atoms with Gasteiger partial charge < -0.3 is 15.0 Å². The van der Waals surface area contributed by atoms with Crippen LogP contribution in [-0.4, -0.2) is 11.1 Å². The molecule has 1 N–H and O–H groups in total. The van der Waals surface area contributed by atoms with Crippen LogP contribution in [0.3, 0.4) is 0 Å². The number of rotatable bonds is 2. The van der Waals surface area contributed by atoms with Crippen LogP contribution in [0.25, 0.3) is 10.8 Å². The summed E-state index contributed by atoms with van der Waals surface area (Å²) in [5.74, 6) is -0.960. The molecule has 0 heterocycles. The highest BCUT2D eigenvalue weighted by Crippen LogP contribution is 2.27. The summed E-state index contributed by atoms with van der Waals surface area (Å²) in [5, 5.41) is 21.5. The van der Waals surface area contributed by atoms with Crippen LogP contribution < -0.4 is 5.11 Å². The minimum Gasteiger partial charge on any atom is -0.550 e. The largest absolute Gasteiger partial charge is 0.550 e. The second-order valence-electron chi connectivity index (χ2n) is 3.34. The summed E-state index contributed by atoms with van der Waals surface area (Å²) >= 11 is 0. The lowest BCUT2D eigenvalue weighted by Crippen LogP contribution is -2.24. The van der Waals surface area contributed by atoms with E-state index in [2.05, 4.69) is 0 Å². The van der Waals surface area contributed by atoms with Crippen LogP contribution in [0.5, 0.6) is 5.75 Å². The molecule has 0 saturated heterocycles. The number of aromatic hydroxyl groups is 1. The molecule has 2 aromatic rings. The zero-order chi connectivity index (χ0) is 10.8. The predicted molar refractivity (Wildman–Crippen MR) is 54.3 cm³/mol. The molecule has 76 valence electrons. The van der Waals surface area contributed by atoms with Gasteiger partial charge >= 0.3 is 0 Å². The van der Waals surface area contributed by atoms with E-state index < -0.39 is 5.97 Å². The van der Waals surface area contributed by atoms with E-state index in [0.717, 1.165) is 5.39 Å².